The number of ether oxygens (including phenoxy) is 3. The number of Topliss-reactive ketones (excluding diaryl/α,β-unsaturated/α-hetero) is 1. The van der Waals surface area contributed by atoms with E-state index in [0.29, 0.717) is 35.8 Å². The lowest BCUT2D eigenvalue weighted by molar-refractivity contribution is -0.124. The zero-order chi connectivity index (χ0) is 20.9. The van der Waals surface area contributed by atoms with Crippen LogP contribution in [-0.4, -0.2) is 31.5 Å². The molecule has 156 valence electrons. The first-order valence-electron chi connectivity index (χ1n) is 10.4. The average Bonchev–Trinajstić information content (AvgIpc) is 3.42. The molecule has 0 radical (unpaired) electrons. The predicted octanol–water partition coefficient (Wildman–Crippen LogP) is 3.38. The number of hydrogen-bond donors (Lipinski definition) is 1. The Morgan fingerprint density at radius 3 is 2.60 bits per heavy atom. The number of rotatable bonds is 5. The van der Waals surface area contributed by atoms with Gasteiger partial charge in [-0.15, -0.1) is 0 Å². The van der Waals surface area contributed by atoms with Gasteiger partial charge in [0, 0.05) is 11.8 Å². The Morgan fingerprint density at radius 1 is 1.13 bits per heavy atom. The van der Waals surface area contributed by atoms with Crippen molar-refractivity contribution in [1.29, 1.82) is 0 Å². The van der Waals surface area contributed by atoms with Crippen LogP contribution in [-0.2, 0) is 11.3 Å². The lowest BCUT2D eigenvalue weighted by atomic mass is 9.84. The quantitative estimate of drug-likeness (QED) is 0.823. The van der Waals surface area contributed by atoms with E-state index in [0.717, 1.165) is 18.4 Å². The standard InChI is InChI=1S/C24H25NO5/c1-28-18-8-5-9-19(29-2)16(18)13-25-23(27)21-15-10-11-24(22(15)21)12-17(26)14-6-3-4-7-20(14)30-24/h3-9,15,21-22H,10-13H2,1-2H3,(H,25,27)/t15-,21-,22-,24+/m0/s1. The molecule has 2 aromatic carbocycles. The highest BCUT2D eigenvalue weighted by molar-refractivity contribution is 6.00. The number of hydrogen-bond acceptors (Lipinski definition) is 5. The molecule has 1 spiro atoms. The summed E-state index contributed by atoms with van der Waals surface area (Å²) in [6, 6.07) is 13.0. The summed E-state index contributed by atoms with van der Waals surface area (Å²) in [5, 5.41) is 3.05. The fourth-order valence-electron chi connectivity index (χ4n) is 5.51. The normalized spacial score (nSPS) is 28.3. The number of para-hydroxylation sites is 1. The minimum atomic E-state index is -0.541. The lowest BCUT2D eigenvalue weighted by Gasteiger charge is -2.37. The minimum Gasteiger partial charge on any atom is -0.496 e. The van der Waals surface area contributed by atoms with Crippen LogP contribution < -0.4 is 19.5 Å². The molecule has 1 aliphatic heterocycles. The topological polar surface area (TPSA) is 73.9 Å². The van der Waals surface area contributed by atoms with E-state index in [1.807, 2.05) is 42.5 Å². The van der Waals surface area contributed by atoms with Gasteiger partial charge >= 0.3 is 0 Å². The molecule has 5 rings (SSSR count). The third kappa shape index (κ3) is 2.85. The summed E-state index contributed by atoms with van der Waals surface area (Å²) in [5.41, 5.74) is 0.922. The van der Waals surface area contributed by atoms with Gasteiger partial charge in [0.1, 0.15) is 22.8 Å². The molecule has 4 atom stereocenters. The Morgan fingerprint density at radius 2 is 1.87 bits per heavy atom. The number of nitrogens with one attached hydrogen (secondary N) is 1. The molecule has 0 bridgehead atoms. The van der Waals surface area contributed by atoms with Crippen LogP contribution in [0.4, 0.5) is 0 Å². The van der Waals surface area contributed by atoms with Crippen molar-refractivity contribution >= 4 is 11.7 Å². The summed E-state index contributed by atoms with van der Waals surface area (Å²) < 4.78 is 17.2. The monoisotopic (exact) mass is 407 g/mol. The molecule has 2 aliphatic carbocycles. The first-order valence-corrected chi connectivity index (χ1v) is 10.4. The van der Waals surface area contributed by atoms with Crippen molar-refractivity contribution in [3.63, 3.8) is 0 Å². The summed E-state index contributed by atoms with van der Waals surface area (Å²) in [4.78, 5) is 25.7. The molecular weight excluding hydrogens is 382 g/mol. The van der Waals surface area contributed by atoms with Gasteiger partial charge in [0.25, 0.3) is 0 Å². The molecule has 0 aromatic heterocycles. The minimum absolute atomic E-state index is 0.00643. The number of fused-ring (bicyclic) bond motifs is 3. The third-order valence-corrected chi connectivity index (χ3v) is 6.91. The van der Waals surface area contributed by atoms with E-state index < -0.39 is 5.60 Å². The first kappa shape index (κ1) is 19.0. The highest BCUT2D eigenvalue weighted by atomic mass is 16.5. The number of carbonyl (C=O) groups excluding carboxylic acids is 2. The second-order valence-electron chi connectivity index (χ2n) is 8.38. The van der Waals surface area contributed by atoms with Crippen LogP contribution in [0.25, 0.3) is 0 Å². The second-order valence-corrected chi connectivity index (χ2v) is 8.38. The van der Waals surface area contributed by atoms with E-state index >= 15 is 0 Å². The van der Waals surface area contributed by atoms with Gasteiger partial charge in [0.05, 0.1) is 38.3 Å². The maximum Gasteiger partial charge on any atom is 0.224 e. The molecule has 0 unspecified atom stereocenters. The summed E-state index contributed by atoms with van der Waals surface area (Å²) >= 11 is 0. The van der Waals surface area contributed by atoms with E-state index in [1.54, 1.807) is 14.2 Å². The molecule has 3 aliphatic rings. The SMILES string of the molecule is COc1cccc(OC)c1CNC(=O)[C@H]1[C@@H]2CC[C@@]3(CC(=O)c4ccccc4O3)[C@@H]21. The summed E-state index contributed by atoms with van der Waals surface area (Å²) in [7, 11) is 3.20. The van der Waals surface area contributed by atoms with Crippen molar-refractivity contribution < 1.29 is 23.8 Å². The zero-order valence-corrected chi connectivity index (χ0v) is 17.1. The fraction of sp³-hybridized carbons (Fsp3) is 0.417. The Labute approximate surface area is 175 Å². The van der Waals surface area contributed by atoms with Crippen LogP contribution >= 0.6 is 0 Å². The van der Waals surface area contributed by atoms with Gasteiger partial charge in [-0.05, 0) is 43.0 Å². The Kier molecular flexibility index (Phi) is 4.45. The van der Waals surface area contributed by atoms with E-state index in [-0.39, 0.29) is 29.4 Å². The molecule has 2 saturated carbocycles. The van der Waals surface area contributed by atoms with Gasteiger partial charge in [-0.2, -0.15) is 0 Å². The molecular formula is C24H25NO5. The Balaban J connectivity index is 1.31. The molecule has 0 saturated heterocycles. The first-order chi connectivity index (χ1) is 14.6. The van der Waals surface area contributed by atoms with E-state index in [9.17, 15) is 9.59 Å². The third-order valence-electron chi connectivity index (χ3n) is 6.91. The fourth-order valence-corrected chi connectivity index (χ4v) is 5.51. The Bertz CT molecular complexity index is 996. The summed E-state index contributed by atoms with van der Waals surface area (Å²) in [6.45, 7) is 0.331. The highest BCUT2D eigenvalue weighted by Crippen LogP contribution is 2.65. The van der Waals surface area contributed by atoms with Gasteiger partial charge < -0.3 is 19.5 Å². The number of methoxy groups -OCH3 is 2. The largest absolute Gasteiger partial charge is 0.496 e. The lowest BCUT2D eigenvalue weighted by Crippen LogP contribution is -2.44. The van der Waals surface area contributed by atoms with Crippen molar-refractivity contribution in [2.45, 2.75) is 31.4 Å². The summed E-state index contributed by atoms with van der Waals surface area (Å²) in [6.07, 6.45) is 2.10. The number of amides is 1. The van der Waals surface area contributed by atoms with E-state index in [1.165, 1.54) is 0 Å². The predicted molar refractivity (Wildman–Crippen MR) is 110 cm³/mol. The van der Waals surface area contributed by atoms with Crippen molar-refractivity contribution in [3.8, 4) is 17.2 Å². The number of ketones is 1. The van der Waals surface area contributed by atoms with Gasteiger partial charge in [0.15, 0.2) is 5.78 Å². The van der Waals surface area contributed by atoms with Crippen molar-refractivity contribution in [3.05, 3.63) is 53.6 Å². The van der Waals surface area contributed by atoms with Crippen LogP contribution in [0.1, 0.15) is 35.2 Å². The van der Waals surface area contributed by atoms with Crippen LogP contribution in [0.15, 0.2) is 42.5 Å². The van der Waals surface area contributed by atoms with Gasteiger partial charge in [0.2, 0.25) is 5.91 Å². The molecule has 2 fully saturated rings. The number of benzene rings is 2. The smallest absolute Gasteiger partial charge is 0.224 e. The van der Waals surface area contributed by atoms with Crippen molar-refractivity contribution in [2.24, 2.45) is 17.8 Å². The Hall–Kier alpha value is -3.02. The molecule has 6 heteroatoms. The highest BCUT2D eigenvalue weighted by Gasteiger charge is 2.70. The second kappa shape index (κ2) is 7.04. The van der Waals surface area contributed by atoms with Crippen LogP contribution in [0.2, 0.25) is 0 Å². The number of carbonyl (C=O) groups is 2. The maximum atomic E-state index is 13.0. The van der Waals surface area contributed by atoms with E-state index in [2.05, 4.69) is 5.32 Å². The van der Waals surface area contributed by atoms with Crippen LogP contribution in [0.5, 0.6) is 17.2 Å². The molecule has 1 amide bonds. The van der Waals surface area contributed by atoms with Crippen molar-refractivity contribution in [1.82, 2.24) is 5.32 Å². The molecule has 2 aromatic rings. The van der Waals surface area contributed by atoms with Gasteiger partial charge in [-0.25, -0.2) is 0 Å². The van der Waals surface area contributed by atoms with Crippen molar-refractivity contribution in [2.75, 3.05) is 14.2 Å². The average molecular weight is 407 g/mol. The van der Waals surface area contributed by atoms with Crippen LogP contribution in [0.3, 0.4) is 0 Å². The van der Waals surface area contributed by atoms with E-state index in [4.69, 9.17) is 14.2 Å². The zero-order valence-electron chi connectivity index (χ0n) is 17.1. The molecule has 6 nitrogen and oxygen atoms in total. The molecule has 1 N–H and O–H groups in total. The van der Waals surface area contributed by atoms with Crippen LogP contribution in [0, 0.1) is 17.8 Å². The molecule has 1 heterocycles. The maximum absolute atomic E-state index is 13.0. The summed E-state index contributed by atoms with van der Waals surface area (Å²) in [5.74, 6) is 2.39. The van der Waals surface area contributed by atoms with Gasteiger partial charge in [-0.1, -0.05) is 18.2 Å². The molecule has 30 heavy (non-hydrogen) atoms. The van der Waals surface area contributed by atoms with Gasteiger partial charge in [-0.3, -0.25) is 9.59 Å².